The monoisotopic (exact) mass is 328 g/mol. The van der Waals surface area contributed by atoms with Crippen molar-refractivity contribution in [3.63, 3.8) is 0 Å². The van der Waals surface area contributed by atoms with E-state index in [1.165, 1.54) is 7.11 Å². The first-order chi connectivity index (χ1) is 11.7. The van der Waals surface area contributed by atoms with Crippen LogP contribution in [0.5, 0.6) is 11.5 Å². The fourth-order valence-corrected chi connectivity index (χ4v) is 2.93. The Labute approximate surface area is 140 Å². The molecule has 5 heteroatoms. The first-order valence-corrected chi connectivity index (χ1v) is 7.85. The Morgan fingerprint density at radius 1 is 1.12 bits per heavy atom. The lowest BCUT2D eigenvalue weighted by molar-refractivity contribution is 0.384. The largest absolute Gasteiger partial charge is 0.495 e. The van der Waals surface area contributed by atoms with Crippen molar-refractivity contribution >= 4 is 16.6 Å². The Morgan fingerprint density at radius 3 is 2.71 bits per heavy atom. The van der Waals surface area contributed by atoms with E-state index < -0.39 is 0 Å². The standard InChI is InChI=1S/C19H21FN2O2/c1-12-7-8-15(17(20)19(12)24-3)21-10-9-13-11-22-18-14(13)5-4-6-16(18)23-2/h4-8,11,21-22H,9-10H2,1-3H3. The molecule has 0 saturated heterocycles. The minimum atomic E-state index is -0.349. The van der Waals surface area contributed by atoms with Gasteiger partial charge in [-0.25, -0.2) is 4.39 Å². The van der Waals surface area contributed by atoms with E-state index >= 15 is 0 Å². The molecule has 126 valence electrons. The van der Waals surface area contributed by atoms with Crippen molar-refractivity contribution in [2.24, 2.45) is 0 Å². The average Bonchev–Trinajstić information content (AvgIpc) is 3.00. The van der Waals surface area contributed by atoms with Gasteiger partial charge in [-0.15, -0.1) is 0 Å². The molecule has 0 atom stereocenters. The topological polar surface area (TPSA) is 46.3 Å². The number of anilines is 1. The minimum Gasteiger partial charge on any atom is -0.495 e. The number of aromatic amines is 1. The smallest absolute Gasteiger partial charge is 0.188 e. The van der Waals surface area contributed by atoms with E-state index in [0.717, 1.165) is 34.2 Å². The molecule has 2 N–H and O–H groups in total. The molecule has 0 aliphatic carbocycles. The first-order valence-electron chi connectivity index (χ1n) is 7.85. The van der Waals surface area contributed by atoms with E-state index in [2.05, 4.69) is 16.4 Å². The molecule has 0 spiro atoms. The second-order valence-corrected chi connectivity index (χ2v) is 5.65. The minimum absolute atomic E-state index is 0.289. The third kappa shape index (κ3) is 2.89. The van der Waals surface area contributed by atoms with Crippen LogP contribution in [-0.2, 0) is 6.42 Å². The van der Waals surface area contributed by atoms with Gasteiger partial charge in [0.05, 0.1) is 25.4 Å². The Bertz CT molecular complexity index is 858. The summed E-state index contributed by atoms with van der Waals surface area (Å²) in [5.74, 6) is 0.760. The SMILES string of the molecule is COc1c(C)ccc(NCCc2c[nH]c3c(OC)cccc23)c1F. The van der Waals surface area contributed by atoms with Crippen LogP contribution in [0.25, 0.3) is 10.9 Å². The van der Waals surface area contributed by atoms with Gasteiger partial charge in [0.2, 0.25) is 0 Å². The number of aromatic nitrogens is 1. The van der Waals surface area contributed by atoms with Crippen molar-refractivity contribution in [3.05, 3.63) is 53.5 Å². The number of para-hydroxylation sites is 1. The number of halogens is 1. The number of fused-ring (bicyclic) bond motifs is 1. The summed E-state index contributed by atoms with van der Waals surface area (Å²) in [6.45, 7) is 2.44. The maximum absolute atomic E-state index is 14.3. The van der Waals surface area contributed by atoms with E-state index in [9.17, 15) is 4.39 Å². The van der Waals surface area contributed by atoms with Crippen LogP contribution in [0.2, 0.25) is 0 Å². The molecular weight excluding hydrogens is 307 g/mol. The van der Waals surface area contributed by atoms with Crippen LogP contribution < -0.4 is 14.8 Å². The number of hydrogen-bond acceptors (Lipinski definition) is 3. The van der Waals surface area contributed by atoms with Gasteiger partial charge >= 0.3 is 0 Å². The van der Waals surface area contributed by atoms with E-state index in [4.69, 9.17) is 9.47 Å². The number of nitrogens with one attached hydrogen (secondary N) is 2. The van der Waals surface area contributed by atoms with Gasteiger partial charge in [-0.05, 0) is 36.6 Å². The summed E-state index contributed by atoms with van der Waals surface area (Å²) in [6, 6.07) is 9.54. The first kappa shape index (κ1) is 16.2. The zero-order valence-corrected chi connectivity index (χ0v) is 14.1. The van der Waals surface area contributed by atoms with Gasteiger partial charge in [-0.1, -0.05) is 18.2 Å². The molecule has 0 saturated carbocycles. The zero-order chi connectivity index (χ0) is 17.1. The van der Waals surface area contributed by atoms with Crippen LogP contribution in [0, 0.1) is 12.7 Å². The highest BCUT2D eigenvalue weighted by molar-refractivity contribution is 5.88. The van der Waals surface area contributed by atoms with E-state index in [-0.39, 0.29) is 11.6 Å². The van der Waals surface area contributed by atoms with Gasteiger partial charge < -0.3 is 19.8 Å². The van der Waals surface area contributed by atoms with E-state index in [1.54, 1.807) is 13.2 Å². The number of aryl methyl sites for hydroxylation is 1. The Balaban J connectivity index is 1.74. The maximum atomic E-state index is 14.3. The molecule has 0 aliphatic rings. The predicted octanol–water partition coefficient (Wildman–Crippen LogP) is 4.29. The van der Waals surface area contributed by atoms with Crippen molar-refractivity contribution in [2.75, 3.05) is 26.1 Å². The molecule has 0 fully saturated rings. The molecule has 0 aliphatic heterocycles. The van der Waals surface area contributed by atoms with Crippen molar-refractivity contribution in [2.45, 2.75) is 13.3 Å². The molecule has 0 unspecified atom stereocenters. The van der Waals surface area contributed by atoms with Crippen molar-refractivity contribution < 1.29 is 13.9 Å². The second kappa shape index (κ2) is 6.83. The zero-order valence-electron chi connectivity index (χ0n) is 14.1. The summed E-state index contributed by atoms with van der Waals surface area (Å²) < 4.78 is 24.8. The van der Waals surface area contributed by atoms with Gasteiger partial charge in [0.25, 0.3) is 0 Å². The fourth-order valence-electron chi connectivity index (χ4n) is 2.93. The molecule has 0 radical (unpaired) electrons. The lowest BCUT2D eigenvalue weighted by atomic mass is 10.1. The highest BCUT2D eigenvalue weighted by Gasteiger charge is 2.12. The molecule has 0 bridgehead atoms. The summed E-state index contributed by atoms with van der Waals surface area (Å²) >= 11 is 0. The normalized spacial score (nSPS) is 10.8. The van der Waals surface area contributed by atoms with Crippen molar-refractivity contribution in [1.82, 2.24) is 4.98 Å². The molecule has 1 aromatic heterocycles. The molecule has 4 nitrogen and oxygen atoms in total. The van der Waals surface area contributed by atoms with Gasteiger partial charge in [-0.3, -0.25) is 0 Å². The third-order valence-electron chi connectivity index (χ3n) is 4.19. The number of hydrogen-bond donors (Lipinski definition) is 2. The molecular formula is C19H21FN2O2. The summed E-state index contributed by atoms with van der Waals surface area (Å²) in [6.07, 6.45) is 2.74. The molecule has 3 aromatic rings. The number of methoxy groups -OCH3 is 2. The highest BCUT2D eigenvalue weighted by Crippen LogP contribution is 2.29. The quantitative estimate of drug-likeness (QED) is 0.710. The van der Waals surface area contributed by atoms with Crippen LogP contribution in [0.4, 0.5) is 10.1 Å². The molecule has 3 rings (SSSR count). The van der Waals surface area contributed by atoms with Crippen molar-refractivity contribution in [1.29, 1.82) is 0 Å². The van der Waals surface area contributed by atoms with Gasteiger partial charge in [0, 0.05) is 18.1 Å². The Morgan fingerprint density at radius 2 is 1.96 bits per heavy atom. The van der Waals surface area contributed by atoms with Gasteiger partial charge in [0.15, 0.2) is 11.6 Å². The molecule has 2 aromatic carbocycles. The highest BCUT2D eigenvalue weighted by atomic mass is 19.1. The molecule has 0 amide bonds. The van der Waals surface area contributed by atoms with Crippen LogP contribution in [0.3, 0.4) is 0 Å². The number of rotatable bonds is 6. The van der Waals surface area contributed by atoms with E-state index in [0.29, 0.717) is 12.2 Å². The Kier molecular flexibility index (Phi) is 4.60. The lowest BCUT2D eigenvalue weighted by Crippen LogP contribution is -2.07. The number of benzene rings is 2. The predicted molar refractivity (Wildman–Crippen MR) is 94.7 cm³/mol. The summed E-state index contributed by atoms with van der Waals surface area (Å²) in [7, 11) is 3.14. The maximum Gasteiger partial charge on any atom is 0.188 e. The van der Waals surface area contributed by atoms with Crippen molar-refractivity contribution in [3.8, 4) is 11.5 Å². The summed E-state index contributed by atoms with van der Waals surface area (Å²) in [5.41, 5.74) is 3.38. The number of H-pyrrole nitrogens is 1. The van der Waals surface area contributed by atoms with Crippen LogP contribution >= 0.6 is 0 Å². The fraction of sp³-hybridized carbons (Fsp3) is 0.263. The summed E-state index contributed by atoms with van der Waals surface area (Å²) in [5, 5.41) is 4.27. The Hall–Kier alpha value is -2.69. The van der Waals surface area contributed by atoms with Gasteiger partial charge in [-0.2, -0.15) is 0 Å². The van der Waals surface area contributed by atoms with Crippen LogP contribution in [0.1, 0.15) is 11.1 Å². The van der Waals surface area contributed by atoms with E-state index in [1.807, 2.05) is 31.3 Å². The second-order valence-electron chi connectivity index (χ2n) is 5.65. The molecule has 1 heterocycles. The molecule has 24 heavy (non-hydrogen) atoms. The third-order valence-corrected chi connectivity index (χ3v) is 4.19. The van der Waals surface area contributed by atoms with Gasteiger partial charge in [0.1, 0.15) is 5.75 Å². The number of ether oxygens (including phenoxy) is 2. The lowest BCUT2D eigenvalue weighted by Gasteiger charge is -2.12. The van der Waals surface area contributed by atoms with Crippen LogP contribution in [-0.4, -0.2) is 25.7 Å². The summed E-state index contributed by atoms with van der Waals surface area (Å²) in [4.78, 5) is 3.25. The average molecular weight is 328 g/mol. The van der Waals surface area contributed by atoms with Crippen LogP contribution in [0.15, 0.2) is 36.5 Å².